The van der Waals surface area contributed by atoms with E-state index in [0.717, 1.165) is 31.8 Å². The van der Waals surface area contributed by atoms with Crippen molar-refractivity contribution in [3.8, 4) is 0 Å². The molecule has 0 aliphatic rings. The van der Waals surface area contributed by atoms with Gasteiger partial charge in [-0.15, -0.1) is 11.3 Å². The molecule has 4 aromatic rings. The zero-order chi connectivity index (χ0) is 16.0. The molecule has 1 N–H and O–H groups in total. The Labute approximate surface area is 137 Å². The van der Waals surface area contributed by atoms with Gasteiger partial charge in [0.05, 0.1) is 20.8 Å². The maximum absolute atomic E-state index is 12.6. The van der Waals surface area contributed by atoms with Crippen LogP contribution in [0.25, 0.3) is 21.1 Å². The molecule has 0 spiro atoms. The van der Waals surface area contributed by atoms with Crippen molar-refractivity contribution >= 4 is 44.1 Å². The highest BCUT2D eigenvalue weighted by atomic mass is 32.1. The summed E-state index contributed by atoms with van der Waals surface area (Å²) < 4.78 is 3.05. The van der Waals surface area contributed by atoms with Crippen LogP contribution in [0.3, 0.4) is 0 Å². The highest BCUT2D eigenvalue weighted by Crippen LogP contribution is 2.26. The van der Waals surface area contributed by atoms with Gasteiger partial charge in [0.2, 0.25) is 0 Å². The van der Waals surface area contributed by atoms with Crippen LogP contribution >= 0.6 is 11.3 Å². The van der Waals surface area contributed by atoms with Gasteiger partial charge in [-0.2, -0.15) is 0 Å². The van der Waals surface area contributed by atoms with E-state index >= 15 is 0 Å². The van der Waals surface area contributed by atoms with E-state index in [-0.39, 0.29) is 5.91 Å². The molecule has 1 amide bonds. The summed E-state index contributed by atoms with van der Waals surface area (Å²) in [6, 6.07) is 13.7. The van der Waals surface area contributed by atoms with Gasteiger partial charge in [0.1, 0.15) is 0 Å². The minimum absolute atomic E-state index is 0.0950. The van der Waals surface area contributed by atoms with Gasteiger partial charge in [-0.05, 0) is 31.2 Å². The molecule has 0 bridgehead atoms. The Kier molecular flexibility index (Phi) is 3.16. The lowest BCUT2D eigenvalue weighted by Gasteiger charge is -2.04. The minimum Gasteiger partial charge on any atom is -0.350 e. The number of nitrogens with one attached hydrogen (secondary N) is 1. The lowest BCUT2D eigenvalue weighted by molar-refractivity contribution is 0.102. The first-order valence-corrected chi connectivity index (χ1v) is 8.16. The number of amides is 1. The number of anilines is 1. The monoisotopic (exact) mass is 321 g/mol. The van der Waals surface area contributed by atoms with E-state index in [0.29, 0.717) is 5.56 Å². The highest BCUT2D eigenvalue weighted by Gasteiger charge is 2.14. The van der Waals surface area contributed by atoms with E-state index in [2.05, 4.69) is 10.3 Å². The summed E-state index contributed by atoms with van der Waals surface area (Å²) in [7, 11) is 1.95. The number of aryl methyl sites for hydroxylation is 2. The summed E-state index contributed by atoms with van der Waals surface area (Å²) in [5.41, 5.74) is 3.49. The fourth-order valence-corrected chi connectivity index (χ4v) is 3.71. The maximum atomic E-state index is 12.6. The van der Waals surface area contributed by atoms with Crippen LogP contribution in [-0.4, -0.2) is 15.5 Å². The number of benzene rings is 2. The lowest BCUT2D eigenvalue weighted by Crippen LogP contribution is -2.11. The van der Waals surface area contributed by atoms with Gasteiger partial charge in [-0.1, -0.05) is 18.2 Å². The first kappa shape index (κ1) is 14.0. The lowest BCUT2D eigenvalue weighted by atomic mass is 10.1. The number of nitrogens with zero attached hydrogens (tertiary/aromatic N) is 2. The molecule has 0 fully saturated rings. The number of para-hydroxylation sites is 1. The first-order chi connectivity index (χ1) is 11.1. The second-order valence-corrected chi connectivity index (χ2v) is 6.78. The van der Waals surface area contributed by atoms with E-state index in [4.69, 9.17) is 0 Å². The topological polar surface area (TPSA) is 46.9 Å². The van der Waals surface area contributed by atoms with Gasteiger partial charge in [0.15, 0.2) is 0 Å². The van der Waals surface area contributed by atoms with Crippen molar-refractivity contribution < 1.29 is 4.79 Å². The largest absolute Gasteiger partial charge is 0.350 e. The summed E-state index contributed by atoms with van der Waals surface area (Å²) >= 11 is 1.63. The Balaban J connectivity index is 1.70. The fraction of sp³-hybridized carbons (Fsp3) is 0.111. The van der Waals surface area contributed by atoms with Gasteiger partial charge >= 0.3 is 0 Å². The molecule has 114 valence electrons. The third kappa shape index (κ3) is 2.39. The molecule has 4 rings (SSSR count). The Bertz CT molecular complexity index is 1040. The average Bonchev–Trinajstić information content (AvgIpc) is 3.07. The standard InChI is InChI=1S/C18H15N3OS/c1-11-19-15-8-7-12(9-17(15)23-11)20-18(22)14-10-21(2)16-6-4-3-5-13(14)16/h3-10H,1-2H3,(H,20,22). The summed E-state index contributed by atoms with van der Waals surface area (Å²) in [5.74, 6) is -0.0950. The molecule has 23 heavy (non-hydrogen) atoms. The van der Waals surface area contributed by atoms with Crippen LogP contribution in [0.2, 0.25) is 0 Å². The number of thiazole rings is 1. The molecule has 0 radical (unpaired) electrons. The van der Waals surface area contributed by atoms with Crippen LogP contribution in [0.5, 0.6) is 0 Å². The molecule has 2 aromatic carbocycles. The van der Waals surface area contributed by atoms with E-state index in [1.54, 1.807) is 11.3 Å². The molecular weight excluding hydrogens is 306 g/mol. The van der Waals surface area contributed by atoms with Crippen LogP contribution in [0, 0.1) is 6.92 Å². The molecule has 0 atom stereocenters. The second kappa shape index (κ2) is 5.21. The first-order valence-electron chi connectivity index (χ1n) is 7.34. The van der Waals surface area contributed by atoms with Gasteiger partial charge in [-0.25, -0.2) is 4.98 Å². The van der Waals surface area contributed by atoms with Crippen molar-refractivity contribution in [2.45, 2.75) is 6.92 Å². The Morgan fingerprint density at radius 1 is 1.22 bits per heavy atom. The zero-order valence-corrected chi connectivity index (χ0v) is 13.6. The third-order valence-corrected chi connectivity index (χ3v) is 4.83. The number of hydrogen-bond acceptors (Lipinski definition) is 3. The molecular formula is C18H15N3OS. The van der Waals surface area contributed by atoms with Crippen LogP contribution in [0.1, 0.15) is 15.4 Å². The van der Waals surface area contributed by atoms with Crippen molar-refractivity contribution in [1.29, 1.82) is 0 Å². The normalized spacial score (nSPS) is 11.2. The molecule has 2 heterocycles. The smallest absolute Gasteiger partial charge is 0.257 e. The van der Waals surface area contributed by atoms with E-state index in [1.807, 2.05) is 67.2 Å². The Hall–Kier alpha value is -2.66. The van der Waals surface area contributed by atoms with Gasteiger partial charge < -0.3 is 9.88 Å². The van der Waals surface area contributed by atoms with Gasteiger partial charge in [0, 0.05) is 29.8 Å². The second-order valence-electron chi connectivity index (χ2n) is 5.54. The Morgan fingerprint density at radius 3 is 2.91 bits per heavy atom. The molecule has 5 heteroatoms. The van der Waals surface area contributed by atoms with Crippen molar-refractivity contribution in [2.75, 3.05) is 5.32 Å². The average molecular weight is 321 g/mol. The van der Waals surface area contributed by atoms with Gasteiger partial charge in [-0.3, -0.25) is 4.79 Å². The predicted octanol–water partition coefficient (Wildman–Crippen LogP) is 4.35. The van der Waals surface area contributed by atoms with E-state index in [1.165, 1.54) is 0 Å². The highest BCUT2D eigenvalue weighted by molar-refractivity contribution is 7.18. The van der Waals surface area contributed by atoms with E-state index in [9.17, 15) is 4.79 Å². The number of carbonyl (C=O) groups excluding carboxylic acids is 1. The molecule has 0 aliphatic carbocycles. The van der Waals surface area contributed by atoms with Crippen molar-refractivity contribution in [3.63, 3.8) is 0 Å². The molecule has 0 unspecified atom stereocenters. The van der Waals surface area contributed by atoms with Crippen molar-refractivity contribution in [3.05, 3.63) is 59.2 Å². The number of hydrogen-bond donors (Lipinski definition) is 1. The molecule has 2 aromatic heterocycles. The molecule has 0 saturated heterocycles. The quantitative estimate of drug-likeness (QED) is 0.596. The zero-order valence-electron chi connectivity index (χ0n) is 12.8. The minimum atomic E-state index is -0.0950. The van der Waals surface area contributed by atoms with Gasteiger partial charge in [0.25, 0.3) is 5.91 Å². The molecule has 0 saturated carbocycles. The van der Waals surface area contributed by atoms with Crippen LogP contribution < -0.4 is 5.32 Å². The molecule has 4 nitrogen and oxygen atoms in total. The summed E-state index contributed by atoms with van der Waals surface area (Å²) in [6.45, 7) is 1.99. The van der Waals surface area contributed by atoms with Crippen LogP contribution in [0.4, 0.5) is 5.69 Å². The summed E-state index contributed by atoms with van der Waals surface area (Å²) in [5, 5.41) is 4.98. The van der Waals surface area contributed by atoms with Crippen molar-refractivity contribution in [1.82, 2.24) is 9.55 Å². The molecule has 0 aliphatic heterocycles. The summed E-state index contributed by atoms with van der Waals surface area (Å²) in [4.78, 5) is 17.1. The fourth-order valence-electron chi connectivity index (χ4n) is 2.84. The number of carbonyl (C=O) groups is 1. The predicted molar refractivity (Wildman–Crippen MR) is 95.2 cm³/mol. The van der Waals surface area contributed by atoms with Crippen molar-refractivity contribution in [2.24, 2.45) is 7.05 Å². The van der Waals surface area contributed by atoms with Crippen LogP contribution in [-0.2, 0) is 7.05 Å². The summed E-state index contributed by atoms with van der Waals surface area (Å²) in [6.07, 6.45) is 1.87. The third-order valence-electron chi connectivity index (χ3n) is 3.89. The number of rotatable bonds is 2. The Morgan fingerprint density at radius 2 is 2.04 bits per heavy atom. The SMILES string of the molecule is Cc1nc2ccc(NC(=O)c3cn(C)c4ccccc34)cc2s1. The number of fused-ring (bicyclic) bond motifs is 2. The maximum Gasteiger partial charge on any atom is 0.257 e. The van der Waals surface area contributed by atoms with E-state index < -0.39 is 0 Å². The van der Waals surface area contributed by atoms with Crippen LogP contribution in [0.15, 0.2) is 48.7 Å². The number of aromatic nitrogens is 2.